The summed E-state index contributed by atoms with van der Waals surface area (Å²) in [5.41, 5.74) is 6.10. The van der Waals surface area contributed by atoms with Gasteiger partial charge in [-0.05, 0) is 53.3 Å². The van der Waals surface area contributed by atoms with Gasteiger partial charge in [0.1, 0.15) is 5.84 Å². The third kappa shape index (κ3) is 7.52. The fourth-order valence-electron chi connectivity index (χ4n) is 3.64. The number of thiophene rings is 1. The van der Waals surface area contributed by atoms with Crippen LogP contribution in [0.4, 0.5) is 5.69 Å². The van der Waals surface area contributed by atoms with Gasteiger partial charge in [0.05, 0.1) is 30.0 Å². The first kappa shape index (κ1) is 30.5. The quantitative estimate of drug-likeness (QED) is 0.143. The highest BCUT2D eigenvalue weighted by molar-refractivity contribution is 7.86. The number of aliphatic hydroxyl groups is 1. The Bertz CT molecular complexity index is 1560. The zero-order chi connectivity index (χ0) is 29.8. The second kappa shape index (κ2) is 12.0. The SMILES string of the molecule is CC(C)(C)[C@@H](CO)NC(=O)c1ccc(-c2sccc2C(=O)Nc2ccc(C(=N)N)cc2)c(C(=O)OS(C)(=O)=O)c1. The molecule has 13 heteroatoms. The lowest BCUT2D eigenvalue weighted by molar-refractivity contribution is 0.0748. The molecule has 0 aliphatic rings. The van der Waals surface area contributed by atoms with Gasteiger partial charge in [-0.3, -0.25) is 15.0 Å². The predicted molar refractivity (Wildman–Crippen MR) is 153 cm³/mol. The van der Waals surface area contributed by atoms with Gasteiger partial charge in [0.25, 0.3) is 11.8 Å². The number of benzene rings is 2. The molecule has 2 amide bonds. The number of hydrogen-bond acceptors (Lipinski definition) is 9. The second-order valence-electron chi connectivity index (χ2n) is 10.0. The standard InChI is InChI=1S/C27H30N4O7S2/c1-27(2,3)21(14-32)31-24(33)16-7-10-18(20(13-16)26(35)38-40(4,36)37)22-19(11-12-39-22)25(34)30-17-8-5-15(6-9-17)23(28)29/h5-13,21,32H,14H2,1-4H3,(H3,28,29)(H,30,34)(H,31,33)/t21-/m1/s1. The van der Waals surface area contributed by atoms with E-state index < -0.39 is 39.4 Å². The first-order valence-corrected chi connectivity index (χ1v) is 14.6. The average Bonchev–Trinajstić information content (AvgIpc) is 3.35. The Hall–Kier alpha value is -4.07. The summed E-state index contributed by atoms with van der Waals surface area (Å²) in [5.74, 6) is -2.44. The van der Waals surface area contributed by atoms with Gasteiger partial charge < -0.3 is 25.7 Å². The predicted octanol–water partition coefficient (Wildman–Crippen LogP) is 3.20. The Labute approximate surface area is 236 Å². The molecule has 0 fully saturated rings. The second-order valence-corrected chi connectivity index (χ2v) is 12.5. The van der Waals surface area contributed by atoms with Crippen molar-refractivity contribution in [2.24, 2.45) is 11.1 Å². The van der Waals surface area contributed by atoms with Crippen LogP contribution in [0.15, 0.2) is 53.9 Å². The van der Waals surface area contributed by atoms with Crippen molar-refractivity contribution in [2.45, 2.75) is 26.8 Å². The highest BCUT2D eigenvalue weighted by atomic mass is 32.2. The molecule has 0 saturated heterocycles. The Morgan fingerprint density at radius 2 is 1.65 bits per heavy atom. The van der Waals surface area contributed by atoms with E-state index in [1.54, 1.807) is 35.7 Å². The fourth-order valence-corrected chi connectivity index (χ4v) is 4.94. The Kier molecular flexibility index (Phi) is 9.13. The lowest BCUT2D eigenvalue weighted by atomic mass is 9.87. The first-order valence-electron chi connectivity index (χ1n) is 11.9. The van der Waals surface area contributed by atoms with E-state index in [4.69, 9.17) is 11.1 Å². The van der Waals surface area contributed by atoms with Gasteiger partial charge in [-0.25, -0.2) is 4.79 Å². The van der Waals surface area contributed by atoms with E-state index in [-0.39, 0.29) is 34.7 Å². The van der Waals surface area contributed by atoms with Crippen molar-refractivity contribution in [1.82, 2.24) is 5.32 Å². The highest BCUT2D eigenvalue weighted by Crippen LogP contribution is 2.34. The smallest absolute Gasteiger partial charge is 0.354 e. The van der Waals surface area contributed by atoms with E-state index in [2.05, 4.69) is 14.8 Å². The third-order valence-electron chi connectivity index (χ3n) is 5.87. The monoisotopic (exact) mass is 586 g/mol. The van der Waals surface area contributed by atoms with Crippen molar-refractivity contribution in [3.05, 3.63) is 76.2 Å². The number of nitrogen functional groups attached to an aromatic ring is 1. The van der Waals surface area contributed by atoms with E-state index in [9.17, 15) is 27.9 Å². The molecule has 1 heterocycles. The average molecular weight is 587 g/mol. The Morgan fingerprint density at radius 3 is 2.20 bits per heavy atom. The zero-order valence-electron chi connectivity index (χ0n) is 22.3. The summed E-state index contributed by atoms with van der Waals surface area (Å²) in [6.07, 6.45) is 0.720. The van der Waals surface area contributed by atoms with Crippen LogP contribution in [-0.4, -0.2) is 56.0 Å². The molecule has 1 aromatic heterocycles. The zero-order valence-corrected chi connectivity index (χ0v) is 23.9. The van der Waals surface area contributed by atoms with Crippen LogP contribution in [0, 0.1) is 10.8 Å². The molecule has 0 unspecified atom stereocenters. The summed E-state index contributed by atoms with van der Waals surface area (Å²) < 4.78 is 28.1. The normalized spacial score (nSPS) is 12.3. The number of amides is 2. The fraction of sp³-hybridized carbons (Fsp3) is 0.259. The molecule has 1 atom stereocenters. The highest BCUT2D eigenvalue weighted by Gasteiger charge is 2.28. The summed E-state index contributed by atoms with van der Waals surface area (Å²) >= 11 is 1.13. The molecule has 0 bridgehead atoms. The molecule has 2 aromatic carbocycles. The van der Waals surface area contributed by atoms with Crippen molar-refractivity contribution in [2.75, 3.05) is 18.2 Å². The van der Waals surface area contributed by atoms with E-state index in [1.165, 1.54) is 18.2 Å². The number of aliphatic hydroxyl groups excluding tert-OH is 1. The summed E-state index contributed by atoms with van der Waals surface area (Å²) in [6.45, 7) is 5.20. The van der Waals surface area contributed by atoms with Crippen LogP contribution in [0.1, 0.15) is 57.4 Å². The summed E-state index contributed by atoms with van der Waals surface area (Å²) in [4.78, 5) is 39.4. The van der Waals surface area contributed by atoms with E-state index in [0.29, 0.717) is 16.1 Å². The van der Waals surface area contributed by atoms with Crippen molar-refractivity contribution in [3.8, 4) is 10.4 Å². The van der Waals surface area contributed by atoms with Gasteiger partial charge >= 0.3 is 16.1 Å². The largest absolute Gasteiger partial charge is 0.394 e. The Morgan fingerprint density at radius 1 is 1.02 bits per heavy atom. The van der Waals surface area contributed by atoms with Crippen LogP contribution < -0.4 is 16.4 Å². The maximum Gasteiger partial charge on any atom is 0.354 e. The minimum Gasteiger partial charge on any atom is -0.394 e. The summed E-state index contributed by atoms with van der Waals surface area (Å²) in [6, 6.07) is 11.3. The van der Waals surface area contributed by atoms with Gasteiger partial charge in [-0.15, -0.1) is 11.3 Å². The van der Waals surface area contributed by atoms with Gasteiger partial charge in [0.15, 0.2) is 0 Å². The van der Waals surface area contributed by atoms with Crippen LogP contribution in [0.25, 0.3) is 10.4 Å². The number of carbonyl (C=O) groups is 3. The third-order valence-corrected chi connectivity index (χ3v) is 7.27. The van der Waals surface area contributed by atoms with Gasteiger partial charge in [-0.2, -0.15) is 8.42 Å². The van der Waals surface area contributed by atoms with Gasteiger partial charge in [0.2, 0.25) is 0 Å². The lowest BCUT2D eigenvalue weighted by Gasteiger charge is -2.29. The maximum atomic E-state index is 13.2. The molecular formula is C27H30N4O7S2. The topological polar surface area (TPSA) is 189 Å². The first-order chi connectivity index (χ1) is 18.6. The van der Waals surface area contributed by atoms with Gasteiger partial charge in [0, 0.05) is 27.3 Å². The van der Waals surface area contributed by atoms with Gasteiger partial charge in [-0.1, -0.05) is 26.8 Å². The minimum atomic E-state index is -4.19. The molecule has 0 spiro atoms. The molecule has 212 valence electrons. The molecule has 11 nitrogen and oxygen atoms in total. The number of nitrogens with one attached hydrogen (secondary N) is 3. The van der Waals surface area contributed by atoms with Crippen molar-refractivity contribution < 1.29 is 32.1 Å². The number of carbonyl (C=O) groups excluding carboxylic acids is 3. The van der Waals surface area contributed by atoms with Crippen molar-refractivity contribution >= 4 is 50.8 Å². The Balaban J connectivity index is 2.01. The van der Waals surface area contributed by atoms with Crippen LogP contribution in [0.5, 0.6) is 0 Å². The summed E-state index contributed by atoms with van der Waals surface area (Å²) in [7, 11) is -4.19. The number of amidine groups is 1. The maximum absolute atomic E-state index is 13.2. The van der Waals surface area contributed by atoms with E-state index in [1.807, 2.05) is 20.8 Å². The van der Waals surface area contributed by atoms with Crippen molar-refractivity contribution in [3.63, 3.8) is 0 Å². The molecule has 0 saturated carbocycles. The molecule has 0 aliphatic heterocycles. The molecule has 6 N–H and O–H groups in total. The van der Waals surface area contributed by atoms with Crippen LogP contribution in [0.3, 0.4) is 0 Å². The van der Waals surface area contributed by atoms with E-state index in [0.717, 1.165) is 17.6 Å². The molecular weight excluding hydrogens is 556 g/mol. The van der Waals surface area contributed by atoms with Crippen LogP contribution in [0.2, 0.25) is 0 Å². The number of nitrogens with two attached hydrogens (primary N) is 1. The molecule has 0 aliphatic carbocycles. The molecule has 40 heavy (non-hydrogen) atoms. The van der Waals surface area contributed by atoms with Crippen LogP contribution >= 0.6 is 11.3 Å². The molecule has 3 rings (SSSR count). The summed E-state index contributed by atoms with van der Waals surface area (Å²) in [5, 5.41) is 24.3. The molecule has 0 radical (unpaired) electrons. The van der Waals surface area contributed by atoms with E-state index >= 15 is 0 Å². The number of rotatable bonds is 9. The molecule has 3 aromatic rings. The number of hydrogen-bond donors (Lipinski definition) is 5. The van der Waals surface area contributed by atoms with Crippen LogP contribution in [-0.2, 0) is 14.3 Å². The lowest BCUT2D eigenvalue weighted by Crippen LogP contribution is -2.46. The van der Waals surface area contributed by atoms with Crippen molar-refractivity contribution in [1.29, 1.82) is 5.41 Å². The minimum absolute atomic E-state index is 0.0278. The number of anilines is 1.